The van der Waals surface area contributed by atoms with E-state index < -0.39 is 0 Å². The number of hydrogen-bond donors (Lipinski definition) is 1. The van der Waals surface area contributed by atoms with Gasteiger partial charge in [-0.1, -0.05) is 91.9 Å². The summed E-state index contributed by atoms with van der Waals surface area (Å²) >= 11 is 0. The highest BCUT2D eigenvalue weighted by Crippen LogP contribution is 2.36. The van der Waals surface area contributed by atoms with Crippen LogP contribution < -0.4 is 15.2 Å². The van der Waals surface area contributed by atoms with Crippen LogP contribution >= 0.6 is 0 Å². The van der Waals surface area contributed by atoms with Gasteiger partial charge in [-0.25, -0.2) is 0 Å². The SMILES string of the molecule is CCC(=C(c1ccc(OCCN)cc1)c1cccc(OCc2ccccc2)c1)c1ccccc1. The van der Waals surface area contributed by atoms with Crippen LogP contribution in [0.15, 0.2) is 109 Å². The van der Waals surface area contributed by atoms with Gasteiger partial charge in [0.15, 0.2) is 0 Å². The van der Waals surface area contributed by atoms with Gasteiger partial charge >= 0.3 is 0 Å². The molecule has 0 aliphatic heterocycles. The van der Waals surface area contributed by atoms with Gasteiger partial charge in [0.25, 0.3) is 0 Å². The van der Waals surface area contributed by atoms with Gasteiger partial charge in [0.05, 0.1) is 0 Å². The van der Waals surface area contributed by atoms with Crippen LogP contribution in [0.3, 0.4) is 0 Å². The molecule has 0 radical (unpaired) electrons. The molecule has 0 amide bonds. The van der Waals surface area contributed by atoms with E-state index in [9.17, 15) is 0 Å². The minimum Gasteiger partial charge on any atom is -0.492 e. The number of rotatable bonds is 10. The van der Waals surface area contributed by atoms with E-state index in [0.717, 1.165) is 34.6 Å². The summed E-state index contributed by atoms with van der Waals surface area (Å²) in [5.74, 6) is 1.68. The fourth-order valence-corrected chi connectivity index (χ4v) is 4.06. The molecule has 0 atom stereocenters. The molecule has 2 N–H and O–H groups in total. The van der Waals surface area contributed by atoms with Crippen LogP contribution in [0, 0.1) is 0 Å². The zero-order valence-electron chi connectivity index (χ0n) is 19.6. The minimum absolute atomic E-state index is 0.497. The van der Waals surface area contributed by atoms with Gasteiger partial charge in [-0.05, 0) is 64.1 Å². The predicted molar refractivity (Wildman–Crippen MR) is 141 cm³/mol. The van der Waals surface area contributed by atoms with Crippen molar-refractivity contribution in [1.29, 1.82) is 0 Å². The lowest BCUT2D eigenvalue weighted by Gasteiger charge is -2.18. The molecule has 0 aliphatic carbocycles. The van der Waals surface area contributed by atoms with Crippen molar-refractivity contribution in [2.24, 2.45) is 5.73 Å². The Kier molecular flexibility index (Phi) is 8.15. The second kappa shape index (κ2) is 11.9. The third kappa shape index (κ3) is 5.94. The lowest BCUT2D eigenvalue weighted by atomic mass is 9.88. The molecule has 0 saturated heterocycles. The standard InChI is InChI=1S/C31H31NO2/c1-2-30(25-12-7-4-8-13-25)31(26-16-18-28(19-17-26)33-21-20-32)27-14-9-15-29(22-27)34-23-24-10-5-3-6-11-24/h3-19,22H,2,20-21,23,32H2,1H3. The van der Waals surface area contributed by atoms with Crippen LogP contribution in [0.25, 0.3) is 11.1 Å². The highest BCUT2D eigenvalue weighted by molar-refractivity contribution is 5.98. The molecular formula is C31H31NO2. The van der Waals surface area contributed by atoms with Crippen molar-refractivity contribution in [3.05, 3.63) is 131 Å². The molecule has 0 heterocycles. The summed E-state index contributed by atoms with van der Waals surface area (Å²) in [6.45, 7) is 3.75. The molecule has 0 aromatic heterocycles. The van der Waals surface area contributed by atoms with Crippen molar-refractivity contribution in [3.8, 4) is 11.5 Å². The Morgan fingerprint density at radius 3 is 2.00 bits per heavy atom. The minimum atomic E-state index is 0.497. The van der Waals surface area contributed by atoms with Crippen LogP contribution in [-0.2, 0) is 6.61 Å². The van der Waals surface area contributed by atoms with Gasteiger partial charge in [0.2, 0.25) is 0 Å². The summed E-state index contributed by atoms with van der Waals surface area (Å²) in [7, 11) is 0. The topological polar surface area (TPSA) is 44.5 Å². The zero-order valence-corrected chi connectivity index (χ0v) is 19.6. The van der Waals surface area contributed by atoms with Gasteiger partial charge < -0.3 is 15.2 Å². The smallest absolute Gasteiger partial charge is 0.120 e. The highest BCUT2D eigenvalue weighted by Gasteiger charge is 2.14. The Balaban J connectivity index is 1.73. The van der Waals surface area contributed by atoms with Crippen molar-refractivity contribution in [3.63, 3.8) is 0 Å². The number of hydrogen-bond acceptors (Lipinski definition) is 3. The molecule has 34 heavy (non-hydrogen) atoms. The largest absolute Gasteiger partial charge is 0.492 e. The van der Waals surface area contributed by atoms with Crippen LogP contribution in [0.1, 0.15) is 35.6 Å². The third-order valence-electron chi connectivity index (χ3n) is 5.68. The maximum absolute atomic E-state index is 6.15. The van der Waals surface area contributed by atoms with E-state index in [2.05, 4.69) is 79.7 Å². The van der Waals surface area contributed by atoms with E-state index in [4.69, 9.17) is 15.2 Å². The maximum Gasteiger partial charge on any atom is 0.120 e. The third-order valence-corrected chi connectivity index (χ3v) is 5.68. The van der Waals surface area contributed by atoms with Crippen LogP contribution in [0.2, 0.25) is 0 Å². The molecule has 0 fully saturated rings. The van der Waals surface area contributed by atoms with E-state index in [0.29, 0.717) is 19.8 Å². The summed E-state index contributed by atoms with van der Waals surface area (Å²) in [5.41, 5.74) is 12.7. The molecule has 4 aromatic rings. The van der Waals surface area contributed by atoms with Crippen LogP contribution in [0.4, 0.5) is 0 Å². The van der Waals surface area contributed by atoms with Gasteiger partial charge in [-0.15, -0.1) is 0 Å². The molecule has 4 rings (SSSR count). The number of nitrogens with two attached hydrogens (primary N) is 1. The Morgan fingerprint density at radius 1 is 0.647 bits per heavy atom. The summed E-state index contributed by atoms with van der Waals surface area (Å²) in [6.07, 6.45) is 0.903. The summed E-state index contributed by atoms with van der Waals surface area (Å²) < 4.78 is 11.8. The lowest BCUT2D eigenvalue weighted by molar-refractivity contribution is 0.306. The van der Waals surface area contributed by atoms with Gasteiger partial charge in [0.1, 0.15) is 24.7 Å². The van der Waals surface area contributed by atoms with Crippen molar-refractivity contribution < 1.29 is 9.47 Å². The van der Waals surface area contributed by atoms with E-state index in [-0.39, 0.29) is 0 Å². The molecule has 3 heteroatoms. The molecular weight excluding hydrogens is 418 g/mol. The Morgan fingerprint density at radius 2 is 1.32 bits per heavy atom. The maximum atomic E-state index is 6.15. The molecule has 172 valence electrons. The number of benzene rings is 4. The highest BCUT2D eigenvalue weighted by atomic mass is 16.5. The van der Waals surface area contributed by atoms with Gasteiger partial charge in [-0.3, -0.25) is 0 Å². The van der Waals surface area contributed by atoms with E-state index >= 15 is 0 Å². The fourth-order valence-electron chi connectivity index (χ4n) is 4.06. The average Bonchev–Trinajstić information content (AvgIpc) is 2.91. The van der Waals surface area contributed by atoms with Crippen LogP contribution in [0.5, 0.6) is 11.5 Å². The van der Waals surface area contributed by atoms with Crippen molar-refractivity contribution in [2.75, 3.05) is 13.2 Å². The monoisotopic (exact) mass is 449 g/mol. The quantitative estimate of drug-likeness (QED) is 0.266. The summed E-state index contributed by atoms with van der Waals surface area (Å²) in [6, 6.07) is 37.5. The molecule has 0 aliphatic rings. The van der Waals surface area contributed by atoms with Crippen molar-refractivity contribution in [2.45, 2.75) is 20.0 Å². The molecule has 0 bridgehead atoms. The Labute approximate surface area is 202 Å². The normalized spacial score (nSPS) is 11.6. The first-order valence-corrected chi connectivity index (χ1v) is 11.8. The number of allylic oxidation sites excluding steroid dienone is 1. The Hall–Kier alpha value is -3.82. The second-order valence-electron chi connectivity index (χ2n) is 8.04. The van der Waals surface area contributed by atoms with Gasteiger partial charge in [-0.2, -0.15) is 0 Å². The number of ether oxygens (including phenoxy) is 2. The summed E-state index contributed by atoms with van der Waals surface area (Å²) in [4.78, 5) is 0. The molecule has 0 spiro atoms. The molecule has 4 aromatic carbocycles. The van der Waals surface area contributed by atoms with E-state index in [1.54, 1.807) is 0 Å². The first-order chi connectivity index (χ1) is 16.8. The van der Waals surface area contributed by atoms with E-state index in [1.807, 2.05) is 36.4 Å². The molecule has 0 unspecified atom stereocenters. The summed E-state index contributed by atoms with van der Waals surface area (Å²) in [5, 5.41) is 0. The molecule has 3 nitrogen and oxygen atoms in total. The van der Waals surface area contributed by atoms with Crippen molar-refractivity contribution in [1.82, 2.24) is 0 Å². The second-order valence-corrected chi connectivity index (χ2v) is 8.04. The van der Waals surface area contributed by atoms with Gasteiger partial charge in [0, 0.05) is 6.54 Å². The first kappa shape index (κ1) is 23.3. The lowest BCUT2D eigenvalue weighted by Crippen LogP contribution is -2.10. The van der Waals surface area contributed by atoms with E-state index in [1.165, 1.54) is 16.7 Å². The predicted octanol–water partition coefficient (Wildman–Crippen LogP) is 6.97. The van der Waals surface area contributed by atoms with Crippen molar-refractivity contribution >= 4 is 11.1 Å². The Bertz CT molecular complexity index is 1200. The molecule has 0 saturated carbocycles. The zero-order chi connectivity index (χ0) is 23.6. The first-order valence-electron chi connectivity index (χ1n) is 11.8. The fraction of sp³-hybridized carbons (Fsp3) is 0.161. The average molecular weight is 450 g/mol. The van der Waals surface area contributed by atoms with Crippen LogP contribution in [-0.4, -0.2) is 13.2 Å².